The van der Waals surface area contributed by atoms with Crippen LogP contribution in [-0.4, -0.2) is 33.9 Å². The van der Waals surface area contributed by atoms with Crippen LogP contribution in [-0.2, 0) is 11.3 Å². The van der Waals surface area contributed by atoms with Crippen molar-refractivity contribution >= 4 is 23.3 Å². The number of nitrogens with one attached hydrogen (secondary N) is 1. The quantitative estimate of drug-likeness (QED) is 0.475. The van der Waals surface area contributed by atoms with Gasteiger partial charge in [0.05, 0.1) is 11.4 Å². The van der Waals surface area contributed by atoms with Gasteiger partial charge in [-0.15, -0.1) is 11.3 Å². The van der Waals surface area contributed by atoms with Crippen molar-refractivity contribution in [2.24, 2.45) is 0 Å². The molecule has 1 aromatic carbocycles. The number of thiophene rings is 1. The maximum absolute atomic E-state index is 11.9. The maximum atomic E-state index is 11.9. The highest BCUT2D eigenvalue weighted by Crippen LogP contribution is 2.27. The summed E-state index contributed by atoms with van der Waals surface area (Å²) in [4.78, 5) is 12.9. The number of amides is 1. The lowest BCUT2D eigenvalue weighted by atomic mass is 10.2. The van der Waals surface area contributed by atoms with Gasteiger partial charge in [0.15, 0.2) is 0 Å². The highest BCUT2D eigenvalue weighted by Gasteiger charge is 2.11. The van der Waals surface area contributed by atoms with Crippen LogP contribution in [0.1, 0.15) is 17.5 Å². The van der Waals surface area contributed by atoms with Gasteiger partial charge in [-0.2, -0.15) is 5.10 Å². The molecule has 2 N–H and O–H groups in total. The first kappa shape index (κ1) is 18.1. The van der Waals surface area contributed by atoms with Gasteiger partial charge in [-0.3, -0.25) is 9.48 Å². The summed E-state index contributed by atoms with van der Waals surface area (Å²) in [5, 5.41) is 18.2. The van der Waals surface area contributed by atoms with Crippen LogP contribution >= 0.6 is 11.3 Å². The molecule has 0 unspecified atom stereocenters. The summed E-state index contributed by atoms with van der Waals surface area (Å²) >= 11 is 1.62. The molecular weight excluding hydrogens is 346 g/mol. The molecule has 26 heavy (non-hydrogen) atoms. The Morgan fingerprint density at radius 1 is 1.23 bits per heavy atom. The standard InChI is InChI=1S/C20H21N3O2S/c24-12-5-11-21-19(25)10-9-17-15-23(14-16-6-2-1-3-7-16)22-20(17)18-8-4-13-26-18/h1-4,6-10,13,15,24H,5,11-12,14H2,(H,21,25)/b10-9+. The topological polar surface area (TPSA) is 67.2 Å². The van der Waals surface area contributed by atoms with Crippen molar-refractivity contribution in [3.8, 4) is 10.6 Å². The molecule has 0 radical (unpaired) electrons. The number of carbonyl (C=O) groups is 1. The molecule has 0 bridgehead atoms. The zero-order valence-electron chi connectivity index (χ0n) is 14.3. The second-order valence-electron chi connectivity index (χ2n) is 5.80. The van der Waals surface area contributed by atoms with Crippen LogP contribution in [0.2, 0.25) is 0 Å². The lowest BCUT2D eigenvalue weighted by Gasteiger charge is -2.00. The molecule has 5 nitrogen and oxygen atoms in total. The van der Waals surface area contributed by atoms with Crippen molar-refractivity contribution in [1.82, 2.24) is 15.1 Å². The monoisotopic (exact) mass is 367 g/mol. The van der Waals surface area contributed by atoms with Crippen molar-refractivity contribution in [2.75, 3.05) is 13.2 Å². The third-order valence-corrected chi connectivity index (χ3v) is 4.66. The predicted molar refractivity (Wildman–Crippen MR) is 105 cm³/mol. The molecule has 0 aliphatic heterocycles. The highest BCUT2D eigenvalue weighted by molar-refractivity contribution is 7.13. The second-order valence-corrected chi connectivity index (χ2v) is 6.74. The van der Waals surface area contributed by atoms with E-state index in [1.165, 1.54) is 11.6 Å². The summed E-state index contributed by atoms with van der Waals surface area (Å²) in [7, 11) is 0. The van der Waals surface area contributed by atoms with Crippen LogP contribution in [0, 0.1) is 0 Å². The third-order valence-electron chi connectivity index (χ3n) is 3.78. The van der Waals surface area contributed by atoms with Gasteiger partial charge in [0.2, 0.25) is 5.91 Å². The predicted octanol–water partition coefficient (Wildman–Crippen LogP) is 3.17. The molecule has 134 valence electrons. The largest absolute Gasteiger partial charge is 0.396 e. The Morgan fingerprint density at radius 2 is 2.08 bits per heavy atom. The van der Waals surface area contributed by atoms with Gasteiger partial charge in [-0.1, -0.05) is 36.4 Å². The number of aromatic nitrogens is 2. The summed E-state index contributed by atoms with van der Waals surface area (Å²) in [6, 6.07) is 14.2. The number of benzene rings is 1. The molecule has 6 heteroatoms. The van der Waals surface area contributed by atoms with Crippen molar-refractivity contribution in [3.05, 3.63) is 71.2 Å². The number of carbonyl (C=O) groups excluding carboxylic acids is 1. The Bertz CT molecular complexity index is 855. The Kier molecular flexibility index (Phi) is 6.35. The number of hydrogen-bond acceptors (Lipinski definition) is 4. The molecule has 3 rings (SSSR count). The van der Waals surface area contributed by atoms with Gasteiger partial charge in [-0.05, 0) is 29.5 Å². The Balaban J connectivity index is 1.80. The number of aliphatic hydroxyl groups excluding tert-OH is 1. The lowest BCUT2D eigenvalue weighted by molar-refractivity contribution is -0.116. The summed E-state index contributed by atoms with van der Waals surface area (Å²) in [6.45, 7) is 1.21. The van der Waals surface area contributed by atoms with Crippen LogP contribution in [0.15, 0.2) is 60.1 Å². The lowest BCUT2D eigenvalue weighted by Crippen LogP contribution is -2.22. The first-order valence-electron chi connectivity index (χ1n) is 8.48. The van der Waals surface area contributed by atoms with E-state index in [0.717, 1.165) is 16.1 Å². The summed E-state index contributed by atoms with van der Waals surface area (Å²) in [6.07, 6.45) is 5.81. The van der Waals surface area contributed by atoms with Crippen LogP contribution < -0.4 is 5.32 Å². The molecule has 0 fully saturated rings. The summed E-state index contributed by atoms with van der Waals surface area (Å²) in [5.41, 5.74) is 2.95. The van der Waals surface area contributed by atoms with Crippen LogP contribution in [0.25, 0.3) is 16.6 Å². The average Bonchev–Trinajstić information content (AvgIpc) is 3.30. The van der Waals surface area contributed by atoms with Crippen LogP contribution in [0.3, 0.4) is 0 Å². The van der Waals surface area contributed by atoms with Crippen molar-refractivity contribution in [3.63, 3.8) is 0 Å². The number of nitrogens with zero attached hydrogens (tertiary/aromatic N) is 2. The fourth-order valence-electron chi connectivity index (χ4n) is 2.53. The molecule has 3 aromatic rings. The minimum absolute atomic E-state index is 0.0682. The minimum atomic E-state index is -0.175. The zero-order valence-corrected chi connectivity index (χ0v) is 15.2. The minimum Gasteiger partial charge on any atom is -0.396 e. The molecule has 2 aromatic heterocycles. The third kappa shape index (κ3) is 4.91. The van der Waals surface area contributed by atoms with E-state index in [4.69, 9.17) is 10.2 Å². The van der Waals surface area contributed by atoms with Crippen LogP contribution in [0.5, 0.6) is 0 Å². The number of aliphatic hydroxyl groups is 1. The molecule has 0 spiro atoms. The maximum Gasteiger partial charge on any atom is 0.244 e. The Labute approximate surface area is 156 Å². The summed E-state index contributed by atoms with van der Waals surface area (Å²) in [5.74, 6) is -0.175. The normalized spacial score (nSPS) is 11.1. The second kappa shape index (κ2) is 9.12. The van der Waals surface area contributed by atoms with Gasteiger partial charge < -0.3 is 10.4 Å². The van der Waals surface area contributed by atoms with E-state index in [1.807, 2.05) is 46.6 Å². The Morgan fingerprint density at radius 3 is 2.81 bits per heavy atom. The Hall–Kier alpha value is -2.70. The average molecular weight is 367 g/mol. The molecule has 0 aliphatic rings. The van der Waals surface area contributed by atoms with E-state index in [1.54, 1.807) is 17.4 Å². The van der Waals surface area contributed by atoms with E-state index in [9.17, 15) is 4.79 Å². The fourth-order valence-corrected chi connectivity index (χ4v) is 3.26. The van der Waals surface area contributed by atoms with E-state index < -0.39 is 0 Å². The van der Waals surface area contributed by atoms with Gasteiger partial charge in [-0.25, -0.2) is 0 Å². The smallest absolute Gasteiger partial charge is 0.244 e. The molecule has 0 saturated carbocycles. The number of rotatable bonds is 8. The zero-order chi connectivity index (χ0) is 18.2. The highest BCUT2D eigenvalue weighted by atomic mass is 32.1. The van der Waals surface area contributed by atoms with E-state index >= 15 is 0 Å². The molecule has 2 heterocycles. The van der Waals surface area contributed by atoms with Crippen molar-refractivity contribution in [2.45, 2.75) is 13.0 Å². The van der Waals surface area contributed by atoms with Gasteiger partial charge in [0, 0.05) is 31.0 Å². The van der Waals surface area contributed by atoms with Crippen LogP contribution in [0.4, 0.5) is 0 Å². The molecule has 1 amide bonds. The number of hydrogen-bond donors (Lipinski definition) is 2. The van der Waals surface area contributed by atoms with Gasteiger partial charge in [0.1, 0.15) is 5.69 Å². The first-order chi connectivity index (χ1) is 12.8. The van der Waals surface area contributed by atoms with E-state index in [-0.39, 0.29) is 12.5 Å². The first-order valence-corrected chi connectivity index (χ1v) is 9.36. The van der Waals surface area contributed by atoms with Gasteiger partial charge >= 0.3 is 0 Å². The summed E-state index contributed by atoms with van der Waals surface area (Å²) < 4.78 is 1.90. The molecule has 0 saturated heterocycles. The van der Waals surface area contributed by atoms with E-state index in [0.29, 0.717) is 19.5 Å². The molecular formula is C20H21N3O2S. The molecule has 0 atom stereocenters. The van der Waals surface area contributed by atoms with Crippen molar-refractivity contribution in [1.29, 1.82) is 0 Å². The van der Waals surface area contributed by atoms with Gasteiger partial charge in [0.25, 0.3) is 0 Å². The van der Waals surface area contributed by atoms with Crippen molar-refractivity contribution < 1.29 is 9.90 Å². The van der Waals surface area contributed by atoms with E-state index in [2.05, 4.69) is 17.4 Å². The fraction of sp³-hybridized carbons (Fsp3) is 0.200. The SMILES string of the molecule is O=C(/C=C/c1cn(Cc2ccccc2)nc1-c1cccs1)NCCCO. The molecule has 0 aliphatic carbocycles.